The lowest BCUT2D eigenvalue weighted by atomic mass is 10.1. The van der Waals surface area contributed by atoms with E-state index >= 15 is 0 Å². The second-order valence-corrected chi connectivity index (χ2v) is 4.99. The Balaban J connectivity index is 1.87. The summed E-state index contributed by atoms with van der Waals surface area (Å²) in [4.78, 5) is 0. The summed E-state index contributed by atoms with van der Waals surface area (Å²) in [5.41, 5.74) is 7.99. The lowest BCUT2D eigenvalue weighted by Gasteiger charge is -2.06. The van der Waals surface area contributed by atoms with Crippen molar-refractivity contribution in [3.05, 3.63) is 59.5 Å². The summed E-state index contributed by atoms with van der Waals surface area (Å²) in [5, 5.41) is 3.24. The third kappa shape index (κ3) is 2.05. The van der Waals surface area contributed by atoms with Gasteiger partial charge >= 0.3 is 0 Å². The summed E-state index contributed by atoms with van der Waals surface area (Å²) in [5.74, 6) is 0.881. The van der Waals surface area contributed by atoms with Gasteiger partial charge in [-0.15, -0.1) is 11.3 Å². The molecule has 2 nitrogen and oxygen atoms in total. The van der Waals surface area contributed by atoms with Crippen molar-refractivity contribution in [2.75, 3.05) is 5.73 Å². The lowest BCUT2D eigenvalue weighted by molar-refractivity contribution is 0.308. The first-order valence-corrected chi connectivity index (χ1v) is 6.65. The van der Waals surface area contributed by atoms with Gasteiger partial charge in [0, 0.05) is 21.3 Å². The van der Waals surface area contributed by atoms with Crippen LogP contribution in [0.3, 0.4) is 0 Å². The molecule has 0 spiro atoms. The molecule has 0 radical (unpaired) electrons. The zero-order valence-corrected chi connectivity index (χ0v) is 10.6. The highest BCUT2D eigenvalue weighted by Gasteiger charge is 2.07. The Morgan fingerprint density at radius 3 is 2.67 bits per heavy atom. The van der Waals surface area contributed by atoms with E-state index in [0.29, 0.717) is 6.61 Å². The highest BCUT2D eigenvalue weighted by Crippen LogP contribution is 2.31. The van der Waals surface area contributed by atoms with Crippen LogP contribution < -0.4 is 10.5 Å². The first kappa shape index (κ1) is 11.1. The molecule has 0 fully saturated rings. The van der Waals surface area contributed by atoms with Crippen molar-refractivity contribution in [1.29, 1.82) is 0 Å². The van der Waals surface area contributed by atoms with E-state index in [2.05, 4.69) is 11.4 Å². The number of fused-ring (bicyclic) bond motifs is 1. The first-order chi connectivity index (χ1) is 8.84. The minimum absolute atomic E-state index is 0.554. The number of benzene rings is 2. The molecule has 0 unspecified atom stereocenters. The average Bonchev–Trinajstić information content (AvgIpc) is 2.82. The minimum Gasteiger partial charge on any atom is -0.489 e. The summed E-state index contributed by atoms with van der Waals surface area (Å²) in [6.07, 6.45) is 0. The highest BCUT2D eigenvalue weighted by molar-refractivity contribution is 7.17. The first-order valence-electron chi connectivity index (χ1n) is 5.77. The van der Waals surface area contributed by atoms with Crippen molar-refractivity contribution in [1.82, 2.24) is 0 Å². The van der Waals surface area contributed by atoms with Crippen LogP contribution in [0.15, 0.2) is 53.9 Å². The molecule has 2 aromatic carbocycles. The molecule has 0 amide bonds. The Morgan fingerprint density at radius 1 is 1.00 bits per heavy atom. The van der Waals surface area contributed by atoms with Crippen molar-refractivity contribution in [2.24, 2.45) is 0 Å². The van der Waals surface area contributed by atoms with Crippen LogP contribution in [0.25, 0.3) is 10.1 Å². The summed E-state index contributed by atoms with van der Waals surface area (Å²) in [7, 11) is 0. The van der Waals surface area contributed by atoms with Gasteiger partial charge in [-0.3, -0.25) is 0 Å². The fourth-order valence-corrected chi connectivity index (χ4v) is 2.95. The molecule has 0 saturated carbocycles. The van der Waals surface area contributed by atoms with Crippen LogP contribution in [-0.4, -0.2) is 0 Å². The third-order valence-electron chi connectivity index (χ3n) is 2.85. The number of ether oxygens (including phenoxy) is 1. The maximum absolute atomic E-state index is 6.02. The number of thiophene rings is 1. The van der Waals surface area contributed by atoms with E-state index in [9.17, 15) is 0 Å². The largest absolute Gasteiger partial charge is 0.489 e. The summed E-state index contributed by atoms with van der Waals surface area (Å²) in [6, 6.07) is 15.8. The molecule has 1 heterocycles. The van der Waals surface area contributed by atoms with Crippen LogP contribution in [0.2, 0.25) is 0 Å². The van der Waals surface area contributed by atoms with Crippen LogP contribution in [0.5, 0.6) is 5.75 Å². The van der Waals surface area contributed by atoms with Gasteiger partial charge in [-0.2, -0.15) is 0 Å². The lowest BCUT2D eigenvalue weighted by Crippen LogP contribution is -1.95. The van der Waals surface area contributed by atoms with Gasteiger partial charge in [-0.1, -0.05) is 24.3 Å². The molecule has 3 aromatic rings. The molecular weight excluding hydrogens is 242 g/mol. The maximum Gasteiger partial charge on any atom is 0.119 e. The van der Waals surface area contributed by atoms with Crippen LogP contribution in [0.1, 0.15) is 5.56 Å². The zero-order valence-electron chi connectivity index (χ0n) is 9.80. The number of hydrogen-bond donors (Lipinski definition) is 1. The summed E-state index contributed by atoms with van der Waals surface area (Å²) < 4.78 is 6.97. The van der Waals surface area contributed by atoms with E-state index in [1.54, 1.807) is 11.3 Å². The molecule has 0 aliphatic rings. The third-order valence-corrected chi connectivity index (χ3v) is 3.84. The van der Waals surface area contributed by atoms with Gasteiger partial charge in [-0.25, -0.2) is 0 Å². The standard InChI is InChI=1S/C15H13NOS/c16-13-7-4-8-14-15(13)11(10-18-14)9-17-12-5-2-1-3-6-12/h1-8,10H,9,16H2. The van der Waals surface area contributed by atoms with Gasteiger partial charge in [0.1, 0.15) is 12.4 Å². The molecule has 18 heavy (non-hydrogen) atoms. The Hall–Kier alpha value is -2.00. The predicted molar refractivity (Wildman–Crippen MR) is 77.0 cm³/mol. The van der Waals surface area contributed by atoms with E-state index in [-0.39, 0.29) is 0 Å². The molecule has 1 aromatic heterocycles. The molecule has 0 bridgehead atoms. The minimum atomic E-state index is 0.554. The monoisotopic (exact) mass is 255 g/mol. The van der Waals surface area contributed by atoms with Crippen molar-refractivity contribution < 1.29 is 4.74 Å². The summed E-state index contributed by atoms with van der Waals surface area (Å²) >= 11 is 1.70. The molecule has 0 aliphatic heterocycles. The van der Waals surface area contributed by atoms with Crippen LogP contribution in [0.4, 0.5) is 5.69 Å². The van der Waals surface area contributed by atoms with E-state index in [4.69, 9.17) is 10.5 Å². The van der Waals surface area contributed by atoms with Gasteiger partial charge in [-0.05, 0) is 29.6 Å². The summed E-state index contributed by atoms with van der Waals surface area (Å²) in [6.45, 7) is 0.554. The number of rotatable bonds is 3. The fourth-order valence-electron chi connectivity index (χ4n) is 1.97. The second kappa shape index (κ2) is 4.70. The number of nitrogen functional groups attached to an aromatic ring is 1. The Morgan fingerprint density at radius 2 is 1.83 bits per heavy atom. The van der Waals surface area contributed by atoms with Gasteiger partial charge in [0.2, 0.25) is 0 Å². The molecule has 3 rings (SSSR count). The number of hydrogen-bond acceptors (Lipinski definition) is 3. The molecule has 0 saturated heterocycles. The van der Waals surface area contributed by atoms with Crippen molar-refractivity contribution in [3.63, 3.8) is 0 Å². The molecule has 90 valence electrons. The SMILES string of the molecule is Nc1cccc2scc(COc3ccccc3)c12. The normalized spacial score (nSPS) is 10.7. The van der Waals surface area contributed by atoms with E-state index in [1.165, 1.54) is 4.70 Å². The van der Waals surface area contributed by atoms with Crippen molar-refractivity contribution >= 4 is 27.1 Å². The maximum atomic E-state index is 6.02. The quantitative estimate of drug-likeness (QED) is 0.716. The number of para-hydroxylation sites is 1. The van der Waals surface area contributed by atoms with Gasteiger partial charge in [0.25, 0.3) is 0 Å². The fraction of sp³-hybridized carbons (Fsp3) is 0.0667. The van der Waals surface area contributed by atoms with E-state index in [0.717, 1.165) is 22.4 Å². The van der Waals surface area contributed by atoms with Crippen molar-refractivity contribution in [2.45, 2.75) is 6.61 Å². The Labute approximate surface area is 110 Å². The zero-order chi connectivity index (χ0) is 12.4. The number of anilines is 1. The smallest absolute Gasteiger partial charge is 0.119 e. The Bertz CT molecular complexity index is 661. The van der Waals surface area contributed by atoms with Crippen molar-refractivity contribution in [3.8, 4) is 5.75 Å². The molecule has 2 N–H and O–H groups in total. The molecular formula is C15H13NOS. The van der Waals surface area contributed by atoms with Crippen LogP contribution >= 0.6 is 11.3 Å². The van der Waals surface area contributed by atoms with Gasteiger partial charge in [0.15, 0.2) is 0 Å². The van der Waals surface area contributed by atoms with Crippen LogP contribution in [0, 0.1) is 0 Å². The predicted octanol–water partition coefficient (Wildman–Crippen LogP) is 4.06. The van der Waals surface area contributed by atoms with Gasteiger partial charge in [0.05, 0.1) is 0 Å². The topological polar surface area (TPSA) is 35.2 Å². The molecule has 3 heteroatoms. The van der Waals surface area contributed by atoms with E-state index < -0.39 is 0 Å². The average molecular weight is 255 g/mol. The highest BCUT2D eigenvalue weighted by atomic mass is 32.1. The van der Waals surface area contributed by atoms with Gasteiger partial charge < -0.3 is 10.5 Å². The Kier molecular flexibility index (Phi) is 2.90. The second-order valence-electron chi connectivity index (χ2n) is 4.08. The van der Waals surface area contributed by atoms with Crippen LogP contribution in [-0.2, 0) is 6.61 Å². The number of nitrogens with two attached hydrogens (primary N) is 1. The van der Waals surface area contributed by atoms with E-state index in [1.807, 2.05) is 42.5 Å². The molecule has 0 aliphatic carbocycles. The molecule has 0 atom stereocenters.